The van der Waals surface area contributed by atoms with Crippen LogP contribution < -0.4 is 5.73 Å². The molecule has 0 saturated heterocycles. The fraction of sp³-hybridized carbons (Fsp3) is 0.267. The number of halogens is 3. The van der Waals surface area contributed by atoms with Gasteiger partial charge < -0.3 is 10.3 Å². The highest BCUT2D eigenvalue weighted by Gasteiger charge is 2.36. The SMILES string of the molecule is CCc1noc(-c2ccc(Cn3cc(N)c(C(F)(F)F)n3)cc2)n1. The molecule has 3 aromatic rings. The Hall–Kier alpha value is -2.84. The fourth-order valence-electron chi connectivity index (χ4n) is 2.19. The molecule has 0 bridgehead atoms. The summed E-state index contributed by atoms with van der Waals surface area (Å²) in [5.74, 6) is 1.02. The minimum absolute atomic E-state index is 0.171. The van der Waals surface area contributed by atoms with Crippen molar-refractivity contribution in [1.82, 2.24) is 19.9 Å². The molecule has 1 aromatic carbocycles. The number of anilines is 1. The molecule has 0 aliphatic carbocycles. The maximum Gasteiger partial charge on any atom is 0.437 e. The molecule has 0 spiro atoms. The van der Waals surface area contributed by atoms with Gasteiger partial charge in [0.25, 0.3) is 5.89 Å². The number of aryl methyl sites for hydroxylation is 1. The van der Waals surface area contributed by atoms with Gasteiger partial charge in [0.05, 0.1) is 12.2 Å². The van der Waals surface area contributed by atoms with E-state index in [2.05, 4.69) is 15.2 Å². The van der Waals surface area contributed by atoms with Crippen LogP contribution in [0.15, 0.2) is 35.0 Å². The Morgan fingerprint density at radius 1 is 1.21 bits per heavy atom. The predicted molar refractivity (Wildman–Crippen MR) is 79.9 cm³/mol. The third-order valence-corrected chi connectivity index (χ3v) is 3.39. The van der Waals surface area contributed by atoms with Gasteiger partial charge >= 0.3 is 6.18 Å². The highest BCUT2D eigenvalue weighted by atomic mass is 19.4. The van der Waals surface area contributed by atoms with Crippen molar-refractivity contribution >= 4 is 5.69 Å². The van der Waals surface area contributed by atoms with E-state index in [4.69, 9.17) is 10.3 Å². The lowest BCUT2D eigenvalue weighted by atomic mass is 10.1. The molecule has 6 nitrogen and oxygen atoms in total. The molecular formula is C15H14F3N5O. The number of rotatable bonds is 4. The van der Waals surface area contributed by atoms with E-state index < -0.39 is 17.6 Å². The van der Waals surface area contributed by atoms with Crippen LogP contribution in [0.25, 0.3) is 11.5 Å². The number of nitrogens with zero attached hydrogens (tertiary/aromatic N) is 4. The second-order valence-corrected chi connectivity index (χ2v) is 5.19. The first kappa shape index (κ1) is 16.0. The molecule has 0 fully saturated rings. The molecule has 2 aromatic heterocycles. The Labute approximate surface area is 135 Å². The van der Waals surface area contributed by atoms with E-state index in [-0.39, 0.29) is 6.54 Å². The average molecular weight is 337 g/mol. The van der Waals surface area contributed by atoms with Crippen LogP contribution in [0.5, 0.6) is 0 Å². The summed E-state index contributed by atoms with van der Waals surface area (Å²) in [4.78, 5) is 4.22. The minimum Gasteiger partial charge on any atom is -0.396 e. The van der Waals surface area contributed by atoms with Gasteiger partial charge in [-0.3, -0.25) is 4.68 Å². The molecule has 24 heavy (non-hydrogen) atoms. The van der Waals surface area contributed by atoms with Crippen LogP contribution in [-0.4, -0.2) is 19.9 Å². The number of hydrogen-bond donors (Lipinski definition) is 1. The summed E-state index contributed by atoms with van der Waals surface area (Å²) in [6.07, 6.45) is -2.72. The fourth-order valence-corrected chi connectivity index (χ4v) is 2.19. The molecule has 3 rings (SSSR count). The Morgan fingerprint density at radius 2 is 1.92 bits per heavy atom. The summed E-state index contributed by atoms with van der Waals surface area (Å²) in [5.41, 5.74) is 5.41. The zero-order chi connectivity index (χ0) is 17.3. The van der Waals surface area contributed by atoms with Crippen molar-refractivity contribution in [1.29, 1.82) is 0 Å². The van der Waals surface area contributed by atoms with Gasteiger partial charge in [-0.25, -0.2) is 0 Å². The Kier molecular flexibility index (Phi) is 4.00. The van der Waals surface area contributed by atoms with Crippen molar-refractivity contribution < 1.29 is 17.7 Å². The van der Waals surface area contributed by atoms with Crippen molar-refractivity contribution in [2.45, 2.75) is 26.1 Å². The number of nitrogen functional groups attached to an aromatic ring is 1. The molecule has 0 amide bonds. The third-order valence-electron chi connectivity index (χ3n) is 3.39. The molecular weight excluding hydrogens is 323 g/mol. The maximum absolute atomic E-state index is 12.7. The molecule has 0 aliphatic heterocycles. The van der Waals surface area contributed by atoms with Crippen molar-refractivity contribution in [2.75, 3.05) is 5.73 Å². The van der Waals surface area contributed by atoms with Gasteiger partial charge in [0.1, 0.15) is 0 Å². The molecule has 2 N–H and O–H groups in total. The van der Waals surface area contributed by atoms with E-state index in [1.54, 1.807) is 24.3 Å². The summed E-state index contributed by atoms with van der Waals surface area (Å²) in [5, 5.41) is 7.31. The third kappa shape index (κ3) is 3.24. The normalized spacial score (nSPS) is 11.8. The highest BCUT2D eigenvalue weighted by molar-refractivity contribution is 5.53. The Morgan fingerprint density at radius 3 is 2.46 bits per heavy atom. The monoisotopic (exact) mass is 337 g/mol. The predicted octanol–water partition coefficient (Wildman–Crippen LogP) is 3.14. The van der Waals surface area contributed by atoms with Crippen LogP contribution in [-0.2, 0) is 19.1 Å². The van der Waals surface area contributed by atoms with Gasteiger partial charge in [-0.05, 0) is 17.7 Å². The number of benzene rings is 1. The van der Waals surface area contributed by atoms with Gasteiger partial charge in [-0.1, -0.05) is 24.2 Å². The average Bonchev–Trinajstić information content (AvgIpc) is 3.14. The first-order chi connectivity index (χ1) is 11.4. The second kappa shape index (κ2) is 5.99. The van der Waals surface area contributed by atoms with Crippen LogP contribution in [0.2, 0.25) is 0 Å². The van der Waals surface area contributed by atoms with E-state index in [0.717, 1.165) is 15.8 Å². The number of hydrogen-bond acceptors (Lipinski definition) is 5. The second-order valence-electron chi connectivity index (χ2n) is 5.19. The Bertz CT molecular complexity index is 836. The number of alkyl halides is 3. The van der Waals surface area contributed by atoms with Crippen molar-refractivity contribution in [3.8, 4) is 11.5 Å². The lowest BCUT2D eigenvalue weighted by Crippen LogP contribution is -2.10. The quantitative estimate of drug-likeness (QED) is 0.791. The van der Waals surface area contributed by atoms with Gasteiger partial charge in [-0.15, -0.1) is 0 Å². The summed E-state index contributed by atoms with van der Waals surface area (Å²) >= 11 is 0. The lowest BCUT2D eigenvalue weighted by molar-refractivity contribution is -0.140. The van der Waals surface area contributed by atoms with E-state index in [9.17, 15) is 13.2 Å². The van der Waals surface area contributed by atoms with Crippen LogP contribution in [0.4, 0.5) is 18.9 Å². The molecule has 0 aliphatic rings. The molecule has 9 heteroatoms. The summed E-state index contributed by atoms with van der Waals surface area (Å²) in [7, 11) is 0. The smallest absolute Gasteiger partial charge is 0.396 e. The highest BCUT2D eigenvalue weighted by Crippen LogP contribution is 2.32. The molecule has 0 atom stereocenters. The topological polar surface area (TPSA) is 82.8 Å². The van der Waals surface area contributed by atoms with Crippen LogP contribution >= 0.6 is 0 Å². The summed E-state index contributed by atoms with van der Waals surface area (Å²) < 4.78 is 44.4. The van der Waals surface area contributed by atoms with E-state index in [0.29, 0.717) is 18.1 Å². The van der Waals surface area contributed by atoms with E-state index >= 15 is 0 Å². The first-order valence-corrected chi connectivity index (χ1v) is 7.19. The maximum atomic E-state index is 12.7. The zero-order valence-electron chi connectivity index (χ0n) is 12.7. The Balaban J connectivity index is 1.77. The van der Waals surface area contributed by atoms with Crippen LogP contribution in [0.3, 0.4) is 0 Å². The first-order valence-electron chi connectivity index (χ1n) is 7.19. The van der Waals surface area contributed by atoms with E-state index in [1.165, 1.54) is 6.20 Å². The standard InChI is InChI=1S/C15H14F3N5O/c1-2-12-20-14(24-22-12)10-5-3-9(4-6-10)7-23-8-11(19)13(21-23)15(16,17)18/h3-6,8H,2,7,19H2,1H3. The van der Waals surface area contributed by atoms with Crippen molar-refractivity contribution in [3.05, 3.63) is 47.5 Å². The number of nitrogens with two attached hydrogens (primary N) is 1. The molecule has 0 saturated carbocycles. The van der Waals surface area contributed by atoms with Crippen molar-refractivity contribution in [2.24, 2.45) is 0 Å². The minimum atomic E-state index is -4.56. The summed E-state index contributed by atoms with van der Waals surface area (Å²) in [6.45, 7) is 2.09. The van der Waals surface area contributed by atoms with Gasteiger partial charge in [-0.2, -0.15) is 23.3 Å². The molecule has 2 heterocycles. The van der Waals surface area contributed by atoms with E-state index in [1.807, 2.05) is 6.92 Å². The zero-order valence-corrected chi connectivity index (χ0v) is 12.7. The summed E-state index contributed by atoms with van der Waals surface area (Å²) in [6, 6.07) is 7.05. The van der Waals surface area contributed by atoms with Gasteiger partial charge in [0, 0.05) is 18.2 Å². The van der Waals surface area contributed by atoms with Crippen LogP contribution in [0.1, 0.15) is 24.0 Å². The lowest BCUT2D eigenvalue weighted by Gasteiger charge is -2.04. The molecule has 126 valence electrons. The molecule has 0 radical (unpaired) electrons. The van der Waals surface area contributed by atoms with Crippen molar-refractivity contribution in [3.63, 3.8) is 0 Å². The van der Waals surface area contributed by atoms with Gasteiger partial charge in [0.15, 0.2) is 11.5 Å². The number of aromatic nitrogens is 4. The van der Waals surface area contributed by atoms with Crippen LogP contribution in [0, 0.1) is 0 Å². The van der Waals surface area contributed by atoms with Gasteiger partial charge in [0.2, 0.25) is 0 Å². The largest absolute Gasteiger partial charge is 0.437 e. The molecule has 0 unspecified atom stereocenters.